The maximum absolute atomic E-state index is 12.8. The predicted molar refractivity (Wildman–Crippen MR) is 111 cm³/mol. The van der Waals surface area contributed by atoms with Crippen LogP contribution in [0, 0.1) is 0 Å². The summed E-state index contributed by atoms with van der Waals surface area (Å²) < 4.78 is 13.8. The second kappa shape index (κ2) is 7.24. The highest BCUT2D eigenvalue weighted by atomic mass is 79.9. The minimum Gasteiger partial charge on any atom is -0.469 e. The van der Waals surface area contributed by atoms with E-state index in [1.807, 2.05) is 40.9 Å². The lowest BCUT2D eigenvalue weighted by atomic mass is 9.85. The number of carbonyl (C=O) groups is 1. The summed E-state index contributed by atoms with van der Waals surface area (Å²) in [6, 6.07) is 11.8. The number of benzene rings is 1. The molecule has 0 unspecified atom stereocenters. The first kappa shape index (κ1) is 18.3. The molecule has 1 aliphatic carbocycles. The number of furan rings is 1. The summed E-state index contributed by atoms with van der Waals surface area (Å²) in [4.78, 5) is 17.4. The van der Waals surface area contributed by atoms with Crippen LogP contribution in [0.4, 0.5) is 0 Å². The summed E-state index contributed by atoms with van der Waals surface area (Å²) in [5, 5.41) is 4.80. The third kappa shape index (κ3) is 3.10. The average Bonchev–Trinajstić information content (AvgIpc) is 3.37. The summed E-state index contributed by atoms with van der Waals surface area (Å²) in [6.45, 7) is 0.360. The van der Waals surface area contributed by atoms with E-state index in [2.05, 4.69) is 20.9 Å². The Balaban J connectivity index is 1.70. The molecule has 146 valence electrons. The van der Waals surface area contributed by atoms with E-state index in [0.29, 0.717) is 25.0 Å². The zero-order valence-corrected chi connectivity index (χ0v) is 17.3. The van der Waals surface area contributed by atoms with Crippen molar-refractivity contribution in [3.8, 4) is 11.1 Å². The van der Waals surface area contributed by atoms with Crippen LogP contribution in [0.5, 0.6) is 0 Å². The fourth-order valence-corrected chi connectivity index (χ4v) is 4.28. The van der Waals surface area contributed by atoms with Crippen LogP contribution in [0.15, 0.2) is 57.7 Å². The van der Waals surface area contributed by atoms with E-state index in [9.17, 15) is 4.79 Å². The molecule has 1 aliphatic rings. The molecule has 7 heteroatoms. The molecule has 0 radical (unpaired) electrons. The Morgan fingerprint density at radius 3 is 2.79 bits per heavy atom. The van der Waals surface area contributed by atoms with Crippen LogP contribution in [0.25, 0.3) is 16.8 Å². The molecule has 0 aliphatic heterocycles. The van der Waals surface area contributed by atoms with Gasteiger partial charge in [-0.2, -0.15) is 5.10 Å². The van der Waals surface area contributed by atoms with Gasteiger partial charge < -0.3 is 9.15 Å². The fraction of sp³-hybridized carbons (Fsp3) is 0.227. The lowest BCUT2D eigenvalue weighted by Gasteiger charge is -2.22. The molecule has 3 heterocycles. The summed E-state index contributed by atoms with van der Waals surface area (Å²) >= 11 is 3.48. The average molecular weight is 452 g/mol. The number of aromatic nitrogens is 3. The number of halogens is 1. The quantitative estimate of drug-likeness (QED) is 0.445. The third-order valence-electron chi connectivity index (χ3n) is 5.35. The molecule has 0 spiro atoms. The number of methoxy groups -OCH3 is 1. The van der Waals surface area contributed by atoms with Crippen LogP contribution in [-0.2, 0) is 17.8 Å². The molecule has 1 aromatic carbocycles. The van der Waals surface area contributed by atoms with E-state index in [0.717, 1.165) is 38.4 Å². The number of ketones is 1. The second-order valence-corrected chi connectivity index (χ2v) is 8.08. The molecule has 0 N–H and O–H groups in total. The number of fused-ring (bicyclic) bond motifs is 3. The first-order chi connectivity index (χ1) is 14.2. The minimum atomic E-state index is 0.00167. The van der Waals surface area contributed by atoms with Gasteiger partial charge in [0.15, 0.2) is 11.4 Å². The van der Waals surface area contributed by atoms with Gasteiger partial charge in [-0.05, 0) is 29.8 Å². The first-order valence-corrected chi connectivity index (χ1v) is 10.2. The van der Waals surface area contributed by atoms with Gasteiger partial charge in [0, 0.05) is 36.5 Å². The maximum Gasteiger partial charge on any atom is 0.167 e. The zero-order chi connectivity index (χ0) is 20.0. The Morgan fingerprint density at radius 2 is 2.07 bits per heavy atom. The second-order valence-electron chi connectivity index (χ2n) is 7.16. The molecular weight excluding hydrogens is 434 g/mol. The Kier molecular flexibility index (Phi) is 4.56. The minimum absolute atomic E-state index is 0.00167. The van der Waals surface area contributed by atoms with E-state index >= 15 is 0 Å². The first-order valence-electron chi connectivity index (χ1n) is 9.36. The summed E-state index contributed by atoms with van der Waals surface area (Å²) in [6.07, 6.45) is 4.42. The van der Waals surface area contributed by atoms with Gasteiger partial charge in [0.05, 0.1) is 35.4 Å². The van der Waals surface area contributed by atoms with Crippen LogP contribution in [-0.4, -0.2) is 27.5 Å². The van der Waals surface area contributed by atoms with Crippen molar-refractivity contribution in [1.29, 1.82) is 0 Å². The molecule has 1 atom stereocenters. The predicted octanol–water partition coefficient (Wildman–Crippen LogP) is 4.81. The molecule has 5 rings (SSSR count). The smallest absolute Gasteiger partial charge is 0.167 e. The lowest BCUT2D eigenvalue weighted by Crippen LogP contribution is -2.22. The van der Waals surface area contributed by atoms with Gasteiger partial charge in [0.25, 0.3) is 0 Å². The lowest BCUT2D eigenvalue weighted by molar-refractivity contribution is 0.0958. The molecule has 6 nitrogen and oxygen atoms in total. The molecule has 0 amide bonds. The Labute approximate surface area is 175 Å². The van der Waals surface area contributed by atoms with E-state index in [1.54, 1.807) is 19.6 Å². The molecule has 0 bridgehead atoms. The number of rotatable bonds is 4. The van der Waals surface area contributed by atoms with E-state index in [1.165, 1.54) is 0 Å². The van der Waals surface area contributed by atoms with Gasteiger partial charge in [0.1, 0.15) is 5.76 Å². The van der Waals surface area contributed by atoms with Crippen molar-refractivity contribution in [3.05, 3.63) is 76.0 Å². The molecule has 29 heavy (non-hydrogen) atoms. The van der Waals surface area contributed by atoms with Crippen molar-refractivity contribution in [2.75, 3.05) is 7.11 Å². The molecular formula is C22H18BrN3O3. The Bertz CT molecular complexity index is 1200. The van der Waals surface area contributed by atoms with Crippen molar-refractivity contribution >= 4 is 27.4 Å². The molecule has 0 fully saturated rings. The Hall–Kier alpha value is -2.77. The number of nitrogens with zero attached hydrogens (tertiary/aromatic N) is 3. The standard InChI is InChI=1S/C22H18BrN3O3/c1-28-12-17-21(13-4-6-15(23)7-5-13)22-24-11-16-18(26(22)25-17)9-14(10-19(16)27)20-3-2-8-29-20/h2-8,11,14H,9-10,12H2,1H3/t14-/m0/s1. The van der Waals surface area contributed by atoms with Crippen molar-refractivity contribution in [3.63, 3.8) is 0 Å². The van der Waals surface area contributed by atoms with E-state index in [-0.39, 0.29) is 11.7 Å². The van der Waals surface area contributed by atoms with Crippen molar-refractivity contribution < 1.29 is 13.9 Å². The number of hydrogen-bond acceptors (Lipinski definition) is 5. The van der Waals surface area contributed by atoms with Gasteiger partial charge in [-0.3, -0.25) is 4.79 Å². The summed E-state index contributed by atoms with van der Waals surface area (Å²) in [7, 11) is 1.65. The zero-order valence-electron chi connectivity index (χ0n) is 15.8. The molecule has 4 aromatic rings. The SMILES string of the molecule is COCc1nn2c3c(cnc2c1-c1ccc(Br)cc1)C(=O)C[C@@H](c1ccco1)C3. The third-order valence-corrected chi connectivity index (χ3v) is 5.88. The van der Waals surface area contributed by atoms with Crippen LogP contribution in [0.1, 0.15) is 39.8 Å². The number of Topliss-reactive ketones (excluding diaryl/α,β-unsaturated/α-hetero) is 1. The van der Waals surface area contributed by atoms with Crippen molar-refractivity contribution in [2.45, 2.75) is 25.4 Å². The van der Waals surface area contributed by atoms with Gasteiger partial charge in [-0.1, -0.05) is 28.1 Å². The molecule has 0 saturated carbocycles. The highest BCUT2D eigenvalue weighted by molar-refractivity contribution is 9.10. The highest BCUT2D eigenvalue weighted by Crippen LogP contribution is 2.36. The normalized spacial score (nSPS) is 16.3. The Morgan fingerprint density at radius 1 is 1.24 bits per heavy atom. The van der Waals surface area contributed by atoms with E-state index in [4.69, 9.17) is 14.3 Å². The number of ether oxygens (including phenoxy) is 1. The monoisotopic (exact) mass is 451 g/mol. The number of hydrogen-bond donors (Lipinski definition) is 0. The van der Waals surface area contributed by atoms with Crippen LogP contribution >= 0.6 is 15.9 Å². The fourth-order valence-electron chi connectivity index (χ4n) is 4.02. The van der Waals surface area contributed by atoms with Gasteiger partial charge in [0.2, 0.25) is 0 Å². The highest BCUT2D eigenvalue weighted by Gasteiger charge is 2.31. The van der Waals surface area contributed by atoms with Crippen LogP contribution in [0.2, 0.25) is 0 Å². The van der Waals surface area contributed by atoms with Crippen molar-refractivity contribution in [1.82, 2.24) is 14.6 Å². The summed E-state index contributed by atoms with van der Waals surface area (Å²) in [5.41, 5.74) is 4.96. The van der Waals surface area contributed by atoms with Gasteiger partial charge in [-0.25, -0.2) is 9.50 Å². The van der Waals surface area contributed by atoms with Crippen molar-refractivity contribution in [2.24, 2.45) is 0 Å². The summed E-state index contributed by atoms with van der Waals surface area (Å²) in [5.74, 6) is 0.893. The molecule has 0 saturated heterocycles. The van der Waals surface area contributed by atoms with E-state index < -0.39 is 0 Å². The van der Waals surface area contributed by atoms with Crippen LogP contribution in [0.3, 0.4) is 0 Å². The van der Waals surface area contributed by atoms with Crippen LogP contribution < -0.4 is 0 Å². The maximum atomic E-state index is 12.8. The van der Waals surface area contributed by atoms with Gasteiger partial charge >= 0.3 is 0 Å². The van der Waals surface area contributed by atoms with Gasteiger partial charge in [-0.15, -0.1) is 0 Å². The topological polar surface area (TPSA) is 69.6 Å². The largest absolute Gasteiger partial charge is 0.469 e. The number of carbonyl (C=O) groups excluding carboxylic acids is 1. The molecule has 3 aromatic heterocycles.